The van der Waals surface area contributed by atoms with Gasteiger partial charge in [-0.1, -0.05) is 35.7 Å². The molecule has 1 fully saturated rings. The zero-order valence-corrected chi connectivity index (χ0v) is 12.3. The minimum atomic E-state index is -0.840. The molecule has 0 heterocycles. The van der Waals surface area contributed by atoms with E-state index in [0.29, 0.717) is 5.92 Å². The van der Waals surface area contributed by atoms with Gasteiger partial charge >= 0.3 is 0 Å². The van der Waals surface area contributed by atoms with Gasteiger partial charge in [0.25, 0.3) is 5.91 Å². The lowest BCUT2D eigenvalue weighted by atomic mass is 9.86. The molecule has 0 aliphatic heterocycles. The van der Waals surface area contributed by atoms with Gasteiger partial charge in [-0.3, -0.25) is 4.79 Å². The minimum Gasteiger partial charge on any atom is -0.349 e. The third-order valence-electron chi connectivity index (χ3n) is 3.66. The van der Waals surface area contributed by atoms with Crippen LogP contribution in [0, 0.1) is 17.6 Å². The number of benzene rings is 1. The number of halogens is 3. The molecule has 2 atom stereocenters. The van der Waals surface area contributed by atoms with Crippen molar-refractivity contribution >= 4 is 21.8 Å². The van der Waals surface area contributed by atoms with Gasteiger partial charge in [-0.15, -0.1) is 0 Å². The first kappa shape index (κ1) is 14.4. The van der Waals surface area contributed by atoms with Crippen molar-refractivity contribution in [3.63, 3.8) is 0 Å². The van der Waals surface area contributed by atoms with Crippen molar-refractivity contribution < 1.29 is 13.6 Å². The molecule has 2 nitrogen and oxygen atoms in total. The number of carbonyl (C=O) groups is 1. The third kappa shape index (κ3) is 3.32. The normalized spacial score (nSPS) is 23.2. The second-order valence-corrected chi connectivity index (χ2v) is 6.00. The Hall–Kier alpha value is -0.970. The van der Waals surface area contributed by atoms with E-state index in [4.69, 9.17) is 0 Å². The van der Waals surface area contributed by atoms with Crippen LogP contribution in [0.4, 0.5) is 8.78 Å². The first-order chi connectivity index (χ1) is 8.99. The number of rotatable bonds is 2. The van der Waals surface area contributed by atoms with Gasteiger partial charge in [0.1, 0.15) is 17.2 Å². The fourth-order valence-electron chi connectivity index (χ4n) is 2.53. The summed E-state index contributed by atoms with van der Waals surface area (Å²) in [6.07, 6.45) is 4.10. The van der Waals surface area contributed by atoms with E-state index in [1.54, 1.807) is 0 Å². The molecule has 0 bridgehead atoms. The molecule has 1 aromatic carbocycles. The first-order valence-corrected chi connectivity index (χ1v) is 7.23. The van der Waals surface area contributed by atoms with Crippen LogP contribution in [0.2, 0.25) is 0 Å². The lowest BCUT2D eigenvalue weighted by molar-refractivity contribution is 0.0901. The van der Waals surface area contributed by atoms with Crippen molar-refractivity contribution in [2.75, 3.05) is 0 Å². The second kappa shape index (κ2) is 5.99. The van der Waals surface area contributed by atoms with Gasteiger partial charge in [-0.05, 0) is 30.9 Å². The highest BCUT2D eigenvalue weighted by molar-refractivity contribution is 9.10. The summed E-state index contributed by atoms with van der Waals surface area (Å²) in [6, 6.07) is 2.20. The molecule has 1 amide bonds. The molecule has 0 spiro atoms. The van der Waals surface area contributed by atoms with Crippen LogP contribution in [-0.4, -0.2) is 11.9 Å². The molecule has 0 aromatic heterocycles. The average Bonchev–Trinajstić information content (AvgIpc) is 2.30. The first-order valence-electron chi connectivity index (χ1n) is 6.44. The van der Waals surface area contributed by atoms with Crippen LogP contribution in [-0.2, 0) is 0 Å². The molecule has 0 radical (unpaired) electrons. The summed E-state index contributed by atoms with van der Waals surface area (Å²) in [5.41, 5.74) is -0.499. The van der Waals surface area contributed by atoms with E-state index >= 15 is 0 Å². The van der Waals surface area contributed by atoms with E-state index in [1.165, 1.54) is 0 Å². The maximum Gasteiger partial charge on any atom is 0.257 e. The molecule has 1 saturated carbocycles. The van der Waals surface area contributed by atoms with Gasteiger partial charge in [0.2, 0.25) is 0 Å². The molecule has 104 valence electrons. The quantitative estimate of drug-likeness (QED) is 0.870. The topological polar surface area (TPSA) is 29.1 Å². The van der Waals surface area contributed by atoms with E-state index in [1.807, 2.05) is 0 Å². The molecule has 1 aliphatic rings. The Bertz CT molecular complexity index is 469. The summed E-state index contributed by atoms with van der Waals surface area (Å²) in [5.74, 6) is -2.00. The average molecular weight is 332 g/mol. The van der Waals surface area contributed by atoms with Gasteiger partial charge in [0, 0.05) is 10.5 Å². The van der Waals surface area contributed by atoms with E-state index in [2.05, 4.69) is 28.2 Å². The van der Waals surface area contributed by atoms with E-state index in [0.717, 1.165) is 37.8 Å². The Labute approximate surface area is 119 Å². The number of hydrogen-bond donors (Lipinski definition) is 1. The van der Waals surface area contributed by atoms with Crippen molar-refractivity contribution in [1.29, 1.82) is 0 Å². The minimum absolute atomic E-state index is 0.00342. The lowest BCUT2D eigenvalue weighted by Crippen LogP contribution is -2.41. The molecule has 1 aliphatic carbocycles. The highest BCUT2D eigenvalue weighted by Crippen LogP contribution is 2.25. The van der Waals surface area contributed by atoms with Crippen LogP contribution >= 0.6 is 15.9 Å². The number of hydrogen-bond acceptors (Lipinski definition) is 1. The molecule has 1 N–H and O–H groups in total. The van der Waals surface area contributed by atoms with Crippen molar-refractivity contribution in [2.45, 2.75) is 38.6 Å². The summed E-state index contributed by atoms with van der Waals surface area (Å²) in [5, 5.41) is 2.75. The second-order valence-electron chi connectivity index (χ2n) is 5.09. The van der Waals surface area contributed by atoms with Crippen molar-refractivity contribution in [1.82, 2.24) is 5.32 Å². The number of nitrogens with one attached hydrogen (secondary N) is 1. The molecule has 2 unspecified atom stereocenters. The maximum atomic E-state index is 13.7. The van der Waals surface area contributed by atoms with Crippen LogP contribution in [0.1, 0.15) is 43.0 Å². The van der Waals surface area contributed by atoms with Gasteiger partial charge in [0.15, 0.2) is 0 Å². The Balaban J connectivity index is 2.16. The van der Waals surface area contributed by atoms with E-state index < -0.39 is 23.1 Å². The predicted molar refractivity (Wildman–Crippen MR) is 72.9 cm³/mol. The summed E-state index contributed by atoms with van der Waals surface area (Å²) < 4.78 is 27.6. The molecule has 19 heavy (non-hydrogen) atoms. The summed E-state index contributed by atoms with van der Waals surface area (Å²) in [7, 11) is 0. The fraction of sp³-hybridized carbons (Fsp3) is 0.500. The predicted octanol–water partition coefficient (Wildman–Crippen LogP) is 4.04. The summed E-state index contributed by atoms with van der Waals surface area (Å²) in [6.45, 7) is 2.05. The Morgan fingerprint density at radius 3 is 2.42 bits per heavy atom. The number of amides is 1. The molecular formula is C14H16BrF2NO. The summed E-state index contributed by atoms with van der Waals surface area (Å²) >= 11 is 2.99. The maximum absolute atomic E-state index is 13.7. The molecule has 5 heteroatoms. The van der Waals surface area contributed by atoms with Crippen LogP contribution in [0.25, 0.3) is 0 Å². The van der Waals surface area contributed by atoms with Crippen LogP contribution in [0.3, 0.4) is 0 Å². The molecule has 0 saturated heterocycles. The van der Waals surface area contributed by atoms with Crippen LogP contribution in [0.5, 0.6) is 0 Å². The fourth-order valence-corrected chi connectivity index (χ4v) is 2.93. The molecular weight excluding hydrogens is 316 g/mol. The smallest absolute Gasteiger partial charge is 0.257 e. The Morgan fingerprint density at radius 2 is 1.84 bits per heavy atom. The zero-order valence-electron chi connectivity index (χ0n) is 10.7. The SMILES string of the molecule is CC1CCCCC1NC(=O)c1c(F)cc(Br)cc1F. The monoisotopic (exact) mass is 331 g/mol. The molecule has 2 rings (SSSR count). The highest BCUT2D eigenvalue weighted by atomic mass is 79.9. The number of carbonyl (C=O) groups excluding carboxylic acids is 1. The zero-order chi connectivity index (χ0) is 14.0. The Kier molecular flexibility index (Phi) is 4.55. The standard InChI is InChI=1S/C14H16BrF2NO/c1-8-4-2-3-5-12(8)18-14(19)13-10(16)6-9(15)7-11(13)17/h6-8,12H,2-5H2,1H3,(H,18,19). The van der Waals surface area contributed by atoms with Crippen molar-refractivity contribution in [3.05, 3.63) is 33.8 Å². The van der Waals surface area contributed by atoms with E-state index in [-0.39, 0.29) is 10.5 Å². The van der Waals surface area contributed by atoms with Crippen molar-refractivity contribution in [3.8, 4) is 0 Å². The summed E-state index contributed by atoms with van der Waals surface area (Å²) in [4.78, 5) is 12.0. The van der Waals surface area contributed by atoms with Gasteiger partial charge in [-0.2, -0.15) is 0 Å². The van der Waals surface area contributed by atoms with E-state index in [9.17, 15) is 13.6 Å². The van der Waals surface area contributed by atoms with Crippen molar-refractivity contribution in [2.24, 2.45) is 5.92 Å². The van der Waals surface area contributed by atoms with Crippen LogP contribution < -0.4 is 5.32 Å². The Morgan fingerprint density at radius 1 is 1.26 bits per heavy atom. The third-order valence-corrected chi connectivity index (χ3v) is 4.12. The largest absolute Gasteiger partial charge is 0.349 e. The highest BCUT2D eigenvalue weighted by Gasteiger charge is 2.26. The van der Waals surface area contributed by atoms with Crippen LogP contribution in [0.15, 0.2) is 16.6 Å². The van der Waals surface area contributed by atoms with Gasteiger partial charge in [-0.25, -0.2) is 8.78 Å². The van der Waals surface area contributed by atoms with Gasteiger partial charge < -0.3 is 5.32 Å². The molecule has 1 aromatic rings. The van der Waals surface area contributed by atoms with Gasteiger partial charge in [0.05, 0.1) is 0 Å². The lowest BCUT2D eigenvalue weighted by Gasteiger charge is -2.29.